The molecule has 0 bridgehead atoms. The SMILES string of the molecule is C[SiH]C.Cc1cc2cc(-c3ccccc3)ccc2[cH-]1.Cc1cc2cc(-c3ccccc3)ccc2[cH-]1.[Zr+2]. The fourth-order valence-electron chi connectivity index (χ4n) is 4.35. The first kappa shape index (κ1) is 27.8. The van der Waals surface area contributed by atoms with Gasteiger partial charge in [0.25, 0.3) is 0 Å². The maximum Gasteiger partial charge on any atom is 2.00 e. The van der Waals surface area contributed by atoms with Gasteiger partial charge >= 0.3 is 26.2 Å². The molecule has 0 aliphatic rings. The van der Waals surface area contributed by atoms with Crippen LogP contribution in [0.1, 0.15) is 11.1 Å². The fraction of sp³-hybridized carbons (Fsp3) is 0.118. The third-order valence-electron chi connectivity index (χ3n) is 5.92. The predicted molar refractivity (Wildman–Crippen MR) is 158 cm³/mol. The number of hydrogen-bond donors (Lipinski definition) is 0. The minimum absolute atomic E-state index is 0. The molecule has 0 saturated carbocycles. The van der Waals surface area contributed by atoms with Crippen LogP contribution in [0.25, 0.3) is 43.8 Å². The zero-order valence-electron chi connectivity index (χ0n) is 21.6. The van der Waals surface area contributed by atoms with Crippen LogP contribution >= 0.6 is 0 Å². The Kier molecular flexibility index (Phi) is 10.4. The zero-order chi connectivity index (χ0) is 24.6. The molecule has 0 nitrogen and oxygen atoms in total. The van der Waals surface area contributed by atoms with E-state index < -0.39 is 0 Å². The number of aryl methyl sites for hydroxylation is 2. The van der Waals surface area contributed by atoms with Gasteiger partial charge in [0.15, 0.2) is 0 Å². The summed E-state index contributed by atoms with van der Waals surface area (Å²) >= 11 is 0. The first-order valence-electron chi connectivity index (χ1n) is 12.3. The van der Waals surface area contributed by atoms with E-state index in [1.165, 1.54) is 54.9 Å². The molecule has 177 valence electrons. The number of benzene rings is 4. The normalized spacial score (nSPS) is 10.1. The van der Waals surface area contributed by atoms with Crippen LogP contribution < -0.4 is 0 Å². The Bertz CT molecular complexity index is 1370. The molecule has 0 N–H and O–H groups in total. The molecule has 0 amide bonds. The Hall–Kier alpha value is -2.80. The summed E-state index contributed by atoms with van der Waals surface area (Å²) in [5, 5.41) is 5.33. The second-order valence-corrected chi connectivity index (χ2v) is 10.2. The molecule has 0 atom stereocenters. The van der Waals surface area contributed by atoms with E-state index in [1.54, 1.807) is 0 Å². The van der Waals surface area contributed by atoms with E-state index >= 15 is 0 Å². The molecule has 0 aromatic heterocycles. The van der Waals surface area contributed by atoms with E-state index in [-0.39, 0.29) is 26.2 Å². The van der Waals surface area contributed by atoms with Gasteiger partial charge in [-0.3, -0.25) is 0 Å². The quantitative estimate of drug-likeness (QED) is 0.146. The van der Waals surface area contributed by atoms with Gasteiger partial charge in [-0.25, -0.2) is 0 Å². The van der Waals surface area contributed by atoms with E-state index in [9.17, 15) is 0 Å². The van der Waals surface area contributed by atoms with Crippen molar-refractivity contribution in [2.24, 2.45) is 0 Å². The monoisotopic (exact) mass is 559 g/mol. The topological polar surface area (TPSA) is 0 Å². The van der Waals surface area contributed by atoms with Gasteiger partial charge in [0.05, 0.1) is 0 Å². The molecule has 0 aliphatic heterocycles. The molecule has 2 heteroatoms. The first-order chi connectivity index (χ1) is 17.1. The Morgan fingerprint density at radius 1 is 0.472 bits per heavy atom. The van der Waals surface area contributed by atoms with Crippen LogP contribution in [0.3, 0.4) is 0 Å². The summed E-state index contributed by atoms with van der Waals surface area (Å²) in [5.41, 5.74) is 7.81. The largest absolute Gasteiger partial charge is 2.00 e. The predicted octanol–water partition coefficient (Wildman–Crippen LogP) is 9.58. The van der Waals surface area contributed by atoms with Gasteiger partial charge < -0.3 is 0 Å². The van der Waals surface area contributed by atoms with E-state index in [1.807, 2.05) is 0 Å². The van der Waals surface area contributed by atoms with Crippen LogP contribution in [-0.4, -0.2) is 9.52 Å². The van der Waals surface area contributed by atoms with Crippen molar-refractivity contribution in [3.8, 4) is 22.3 Å². The Morgan fingerprint density at radius 2 is 0.833 bits per heavy atom. The second-order valence-electron chi connectivity index (χ2n) is 9.06. The van der Waals surface area contributed by atoms with Crippen LogP contribution in [0.5, 0.6) is 0 Å². The molecule has 6 aromatic rings. The molecule has 1 radical (unpaired) electrons. The Morgan fingerprint density at radius 3 is 1.19 bits per heavy atom. The molecule has 0 heterocycles. The number of hydrogen-bond acceptors (Lipinski definition) is 0. The average molecular weight is 561 g/mol. The average Bonchev–Trinajstić information content (AvgIpc) is 3.45. The van der Waals surface area contributed by atoms with Gasteiger partial charge in [-0.15, -0.1) is 56.9 Å². The summed E-state index contributed by atoms with van der Waals surface area (Å²) in [6.07, 6.45) is 0. The first-order valence-corrected chi connectivity index (χ1v) is 14.6. The van der Waals surface area contributed by atoms with Crippen molar-refractivity contribution < 1.29 is 26.2 Å². The van der Waals surface area contributed by atoms with Crippen LogP contribution in [0.15, 0.2) is 121 Å². The van der Waals surface area contributed by atoms with E-state index in [2.05, 4.69) is 148 Å². The Labute approximate surface area is 237 Å². The summed E-state index contributed by atoms with van der Waals surface area (Å²) in [6, 6.07) is 43.2. The minimum atomic E-state index is 0. The zero-order valence-corrected chi connectivity index (χ0v) is 25.2. The van der Waals surface area contributed by atoms with Gasteiger partial charge in [0, 0.05) is 9.52 Å². The molecule has 0 aliphatic carbocycles. The van der Waals surface area contributed by atoms with Crippen molar-refractivity contribution >= 4 is 31.1 Å². The van der Waals surface area contributed by atoms with E-state index in [0.29, 0.717) is 0 Å². The third kappa shape index (κ3) is 7.12. The maximum atomic E-state index is 2.26. The Balaban J connectivity index is 0.000000177. The molecule has 36 heavy (non-hydrogen) atoms. The van der Waals surface area contributed by atoms with Gasteiger partial charge in [-0.05, 0) is 22.3 Å². The fourth-order valence-corrected chi connectivity index (χ4v) is 4.35. The minimum Gasteiger partial charge on any atom is -0.165 e. The van der Waals surface area contributed by atoms with Gasteiger partial charge in [0.1, 0.15) is 0 Å². The van der Waals surface area contributed by atoms with Crippen molar-refractivity contribution in [1.82, 2.24) is 0 Å². The van der Waals surface area contributed by atoms with Crippen LogP contribution in [0, 0.1) is 13.8 Å². The summed E-state index contributed by atoms with van der Waals surface area (Å²) in [7, 11) is 0.750. The molecule has 6 rings (SSSR count). The molecule has 6 aromatic carbocycles. The van der Waals surface area contributed by atoms with E-state index in [4.69, 9.17) is 0 Å². The van der Waals surface area contributed by atoms with Crippen molar-refractivity contribution in [1.29, 1.82) is 0 Å². The molecule has 0 fully saturated rings. The molecule has 0 unspecified atom stereocenters. The standard InChI is InChI=1S/2C16H13.C2H7Si.Zr/c2*1-12-9-14-7-8-15(11-16(14)10-12)13-5-3-2-4-6-13;1-3-2;/h2*2-11H,1H3;3H,1-2H3;/q2*-1;;+2. The molecule has 0 saturated heterocycles. The van der Waals surface area contributed by atoms with Crippen LogP contribution in [0.4, 0.5) is 0 Å². The summed E-state index contributed by atoms with van der Waals surface area (Å²) in [4.78, 5) is 0. The molecular formula is C34H33SiZr. The van der Waals surface area contributed by atoms with Crippen LogP contribution in [0.2, 0.25) is 13.1 Å². The second kappa shape index (κ2) is 13.5. The maximum absolute atomic E-state index is 2.26. The third-order valence-corrected chi connectivity index (χ3v) is 5.92. The van der Waals surface area contributed by atoms with Crippen molar-refractivity contribution in [3.63, 3.8) is 0 Å². The van der Waals surface area contributed by atoms with Gasteiger partial charge in [-0.2, -0.15) is 12.1 Å². The van der Waals surface area contributed by atoms with Crippen molar-refractivity contribution in [3.05, 3.63) is 132 Å². The molecule has 0 spiro atoms. The summed E-state index contributed by atoms with van der Waals surface area (Å²) in [6.45, 7) is 8.70. The smallest absolute Gasteiger partial charge is 0.165 e. The summed E-state index contributed by atoms with van der Waals surface area (Å²) < 4.78 is 0. The molecular weight excluding hydrogens is 528 g/mol. The van der Waals surface area contributed by atoms with Crippen molar-refractivity contribution in [2.75, 3.05) is 0 Å². The van der Waals surface area contributed by atoms with Gasteiger partial charge in [-0.1, -0.05) is 112 Å². The van der Waals surface area contributed by atoms with Crippen molar-refractivity contribution in [2.45, 2.75) is 26.9 Å². The number of rotatable bonds is 2. The van der Waals surface area contributed by atoms with E-state index in [0.717, 1.165) is 9.52 Å². The number of fused-ring (bicyclic) bond motifs is 2. The summed E-state index contributed by atoms with van der Waals surface area (Å²) in [5.74, 6) is 0. The van der Waals surface area contributed by atoms with Gasteiger partial charge in [0.2, 0.25) is 0 Å². The van der Waals surface area contributed by atoms with Crippen LogP contribution in [-0.2, 0) is 26.2 Å².